The van der Waals surface area contributed by atoms with Crippen LogP contribution in [0.25, 0.3) is 0 Å². The van der Waals surface area contributed by atoms with Crippen LogP contribution in [0.5, 0.6) is 5.75 Å². The third kappa shape index (κ3) is 3.47. The molecule has 118 valence electrons. The highest BCUT2D eigenvalue weighted by molar-refractivity contribution is 5.83. The van der Waals surface area contributed by atoms with E-state index in [9.17, 15) is 9.59 Å². The van der Waals surface area contributed by atoms with Gasteiger partial charge in [0.2, 0.25) is 5.91 Å². The quantitative estimate of drug-likeness (QED) is 0.826. The maximum atomic E-state index is 12.2. The number of aromatic nitrogens is 1. The Balaban J connectivity index is 1.45. The van der Waals surface area contributed by atoms with Crippen molar-refractivity contribution in [3.05, 3.63) is 24.5 Å². The van der Waals surface area contributed by atoms with Gasteiger partial charge >= 0.3 is 6.09 Å². The average molecular weight is 305 g/mol. The van der Waals surface area contributed by atoms with Crippen LogP contribution in [0.2, 0.25) is 0 Å². The van der Waals surface area contributed by atoms with Crippen molar-refractivity contribution in [3.8, 4) is 5.75 Å². The number of amides is 2. The fraction of sp³-hybridized carbons (Fsp3) is 0.533. The van der Waals surface area contributed by atoms with E-state index < -0.39 is 6.09 Å². The summed E-state index contributed by atoms with van der Waals surface area (Å²) in [5, 5.41) is 0. The van der Waals surface area contributed by atoms with Gasteiger partial charge in [-0.05, 0) is 12.1 Å². The topological polar surface area (TPSA) is 72.0 Å². The number of carbonyl (C=O) groups is 2. The molecule has 1 aromatic heterocycles. The van der Waals surface area contributed by atoms with E-state index in [1.54, 1.807) is 17.3 Å². The van der Waals surface area contributed by atoms with Crippen LogP contribution >= 0.6 is 0 Å². The molecule has 7 nitrogen and oxygen atoms in total. The van der Waals surface area contributed by atoms with E-state index in [0.29, 0.717) is 26.2 Å². The number of hydrogen-bond donors (Lipinski definition) is 0. The van der Waals surface area contributed by atoms with Crippen molar-refractivity contribution in [3.63, 3.8) is 0 Å². The molecule has 0 unspecified atom stereocenters. The lowest BCUT2D eigenvalue weighted by molar-refractivity contribution is -0.133. The number of carbonyl (C=O) groups excluding carboxylic acids is 2. The molecule has 3 heterocycles. The number of ether oxygens (including phenoxy) is 2. The Hall–Kier alpha value is -2.31. The maximum absolute atomic E-state index is 12.2. The first-order chi connectivity index (χ1) is 10.7. The normalized spacial score (nSPS) is 19.2. The SMILES string of the molecule is O=C(CN1CCOC1=O)N1CCC(Oc2cccnc2)CC1. The van der Waals surface area contributed by atoms with Crippen LogP contribution in [-0.4, -0.2) is 65.7 Å². The van der Waals surface area contributed by atoms with Gasteiger partial charge in [0.15, 0.2) is 0 Å². The highest BCUT2D eigenvalue weighted by atomic mass is 16.6. The van der Waals surface area contributed by atoms with Gasteiger partial charge in [-0.1, -0.05) is 0 Å². The largest absolute Gasteiger partial charge is 0.489 e. The Morgan fingerprint density at radius 3 is 2.82 bits per heavy atom. The van der Waals surface area contributed by atoms with Crippen molar-refractivity contribution in [1.82, 2.24) is 14.8 Å². The lowest BCUT2D eigenvalue weighted by atomic mass is 10.1. The Bertz CT molecular complexity index is 529. The molecule has 2 fully saturated rings. The minimum absolute atomic E-state index is 0.0290. The van der Waals surface area contributed by atoms with E-state index in [-0.39, 0.29) is 18.6 Å². The van der Waals surface area contributed by atoms with Crippen LogP contribution in [0, 0.1) is 0 Å². The summed E-state index contributed by atoms with van der Waals surface area (Å²) in [5.41, 5.74) is 0. The predicted molar refractivity (Wildman–Crippen MR) is 77.4 cm³/mol. The first-order valence-corrected chi connectivity index (χ1v) is 7.48. The molecule has 2 aliphatic rings. The van der Waals surface area contributed by atoms with Crippen molar-refractivity contribution in [2.45, 2.75) is 18.9 Å². The van der Waals surface area contributed by atoms with E-state index in [1.807, 2.05) is 12.1 Å². The number of piperidine rings is 1. The zero-order valence-electron chi connectivity index (χ0n) is 12.3. The first kappa shape index (κ1) is 14.6. The van der Waals surface area contributed by atoms with Gasteiger partial charge in [0.1, 0.15) is 25.0 Å². The third-order valence-electron chi connectivity index (χ3n) is 3.90. The molecular formula is C15H19N3O4. The second-order valence-corrected chi connectivity index (χ2v) is 5.42. The number of hydrogen-bond acceptors (Lipinski definition) is 5. The number of rotatable bonds is 4. The molecule has 0 spiro atoms. The molecule has 0 N–H and O–H groups in total. The fourth-order valence-corrected chi connectivity index (χ4v) is 2.66. The smallest absolute Gasteiger partial charge is 0.410 e. The van der Waals surface area contributed by atoms with Crippen molar-refractivity contribution in [1.29, 1.82) is 0 Å². The zero-order valence-corrected chi connectivity index (χ0v) is 12.3. The Morgan fingerprint density at radius 2 is 2.18 bits per heavy atom. The molecule has 1 aromatic rings. The molecule has 2 aliphatic heterocycles. The van der Waals surface area contributed by atoms with Crippen molar-refractivity contribution >= 4 is 12.0 Å². The number of likely N-dealkylation sites (tertiary alicyclic amines) is 1. The zero-order chi connectivity index (χ0) is 15.4. The van der Waals surface area contributed by atoms with E-state index in [1.165, 1.54) is 4.90 Å². The molecule has 2 amide bonds. The summed E-state index contributed by atoms with van der Waals surface area (Å²) in [5.74, 6) is 0.728. The summed E-state index contributed by atoms with van der Waals surface area (Å²) in [7, 11) is 0. The molecule has 0 bridgehead atoms. The molecule has 0 radical (unpaired) electrons. The summed E-state index contributed by atoms with van der Waals surface area (Å²) in [4.78, 5) is 30.8. The second-order valence-electron chi connectivity index (χ2n) is 5.42. The van der Waals surface area contributed by atoms with Gasteiger partial charge in [-0.25, -0.2) is 4.79 Å². The van der Waals surface area contributed by atoms with Crippen LogP contribution in [0.3, 0.4) is 0 Å². The Kier molecular flexibility index (Phi) is 4.41. The van der Waals surface area contributed by atoms with Crippen LogP contribution in [0.15, 0.2) is 24.5 Å². The summed E-state index contributed by atoms with van der Waals surface area (Å²) in [6.07, 6.45) is 4.66. The van der Waals surface area contributed by atoms with Crippen LogP contribution in [0.4, 0.5) is 4.79 Å². The van der Waals surface area contributed by atoms with Crippen LogP contribution in [0.1, 0.15) is 12.8 Å². The summed E-state index contributed by atoms with van der Waals surface area (Å²) < 4.78 is 10.7. The molecule has 0 aliphatic carbocycles. The highest BCUT2D eigenvalue weighted by Gasteiger charge is 2.29. The number of cyclic esters (lactones) is 1. The average Bonchev–Trinajstić information content (AvgIpc) is 2.94. The summed E-state index contributed by atoms with van der Waals surface area (Å²) >= 11 is 0. The number of pyridine rings is 1. The second kappa shape index (κ2) is 6.64. The minimum atomic E-state index is -0.400. The molecule has 3 rings (SSSR count). The predicted octanol–water partition coefficient (Wildman–Crippen LogP) is 0.904. The van der Waals surface area contributed by atoms with Gasteiger partial charge in [0, 0.05) is 32.1 Å². The molecule has 22 heavy (non-hydrogen) atoms. The maximum Gasteiger partial charge on any atom is 0.410 e. The van der Waals surface area contributed by atoms with Gasteiger partial charge in [-0.2, -0.15) is 0 Å². The molecule has 0 aromatic carbocycles. The first-order valence-electron chi connectivity index (χ1n) is 7.48. The fourth-order valence-electron chi connectivity index (χ4n) is 2.66. The van der Waals surface area contributed by atoms with E-state index >= 15 is 0 Å². The third-order valence-corrected chi connectivity index (χ3v) is 3.90. The summed E-state index contributed by atoms with van der Waals surface area (Å²) in [6.45, 7) is 2.25. The Labute approximate surface area is 128 Å². The van der Waals surface area contributed by atoms with Crippen molar-refractivity contribution < 1.29 is 19.1 Å². The van der Waals surface area contributed by atoms with E-state index in [4.69, 9.17) is 9.47 Å². The molecule has 0 atom stereocenters. The molecular weight excluding hydrogens is 286 g/mol. The number of nitrogens with zero attached hydrogens (tertiary/aromatic N) is 3. The van der Waals surface area contributed by atoms with E-state index in [0.717, 1.165) is 18.6 Å². The van der Waals surface area contributed by atoms with Crippen LogP contribution < -0.4 is 4.74 Å². The standard InChI is InChI=1S/C15H19N3O4/c19-14(11-18-8-9-21-15(18)20)17-6-3-12(4-7-17)22-13-2-1-5-16-10-13/h1-2,5,10,12H,3-4,6-9,11H2. The monoisotopic (exact) mass is 305 g/mol. The minimum Gasteiger partial charge on any atom is -0.489 e. The van der Waals surface area contributed by atoms with Gasteiger partial charge in [-0.15, -0.1) is 0 Å². The van der Waals surface area contributed by atoms with Gasteiger partial charge in [0.05, 0.1) is 12.7 Å². The van der Waals surface area contributed by atoms with Crippen molar-refractivity contribution in [2.24, 2.45) is 0 Å². The molecule has 2 saturated heterocycles. The molecule has 7 heteroatoms. The Morgan fingerprint density at radius 1 is 1.36 bits per heavy atom. The van der Waals surface area contributed by atoms with Gasteiger partial charge in [-0.3, -0.25) is 14.7 Å². The van der Waals surface area contributed by atoms with Crippen LogP contribution in [-0.2, 0) is 9.53 Å². The van der Waals surface area contributed by atoms with Gasteiger partial charge < -0.3 is 14.4 Å². The highest BCUT2D eigenvalue weighted by Crippen LogP contribution is 2.18. The lowest BCUT2D eigenvalue weighted by Gasteiger charge is -2.32. The van der Waals surface area contributed by atoms with Gasteiger partial charge in [0.25, 0.3) is 0 Å². The summed E-state index contributed by atoms with van der Waals surface area (Å²) in [6, 6.07) is 3.71. The lowest BCUT2D eigenvalue weighted by Crippen LogP contribution is -2.46. The van der Waals surface area contributed by atoms with Crippen molar-refractivity contribution in [2.75, 3.05) is 32.8 Å². The molecule has 0 saturated carbocycles. The van der Waals surface area contributed by atoms with E-state index in [2.05, 4.69) is 4.98 Å².